The number of aliphatic carboxylic acids is 1. The summed E-state index contributed by atoms with van der Waals surface area (Å²) >= 11 is 0. The second-order valence-corrected chi connectivity index (χ2v) is 5.25. The van der Waals surface area contributed by atoms with Crippen molar-refractivity contribution in [2.24, 2.45) is 0 Å². The smallest absolute Gasteiger partial charge is 0.326 e. The fourth-order valence-electron chi connectivity index (χ4n) is 2.11. The number of carbonyl (C=O) groups is 2. The quantitative estimate of drug-likeness (QED) is 0.585. The maximum absolute atomic E-state index is 12.0. The molecule has 1 rings (SSSR count). The Kier molecular flexibility index (Phi) is 7.41. The molecule has 0 aromatic rings. The van der Waals surface area contributed by atoms with E-state index in [-0.39, 0.29) is 6.10 Å². The molecule has 0 radical (unpaired) electrons. The normalized spacial score (nSPS) is 21.8. The summed E-state index contributed by atoms with van der Waals surface area (Å²) in [5.41, 5.74) is 0. The molecule has 2 N–H and O–H groups in total. The van der Waals surface area contributed by atoms with Crippen molar-refractivity contribution in [3.05, 3.63) is 0 Å². The van der Waals surface area contributed by atoms with Gasteiger partial charge in [0.1, 0.15) is 6.04 Å². The zero-order valence-corrected chi connectivity index (χ0v) is 12.9. The number of methoxy groups -OCH3 is 1. The lowest BCUT2D eigenvalue weighted by molar-refractivity contribution is -0.141. The maximum Gasteiger partial charge on any atom is 0.326 e. The van der Waals surface area contributed by atoms with Crippen molar-refractivity contribution >= 4 is 12.0 Å². The van der Waals surface area contributed by atoms with Gasteiger partial charge in [0.25, 0.3) is 0 Å². The average molecular weight is 303 g/mol. The highest BCUT2D eigenvalue weighted by atomic mass is 16.5. The summed E-state index contributed by atoms with van der Waals surface area (Å²) in [5, 5.41) is 11.8. The third-order valence-electron chi connectivity index (χ3n) is 3.35. The van der Waals surface area contributed by atoms with E-state index in [4.69, 9.17) is 14.6 Å². The molecular formula is C13H25N3O5. The minimum Gasteiger partial charge on any atom is -0.480 e. The number of carboxylic acid groups (broad SMARTS) is 1. The first-order chi connectivity index (χ1) is 9.95. The molecule has 0 aliphatic carbocycles. The molecule has 2 atom stereocenters. The van der Waals surface area contributed by atoms with E-state index in [0.717, 1.165) is 6.54 Å². The van der Waals surface area contributed by atoms with Gasteiger partial charge in [-0.1, -0.05) is 0 Å². The molecule has 0 aromatic heterocycles. The Bertz CT molecular complexity index is 351. The lowest BCUT2D eigenvalue weighted by Crippen LogP contribution is -2.47. The van der Waals surface area contributed by atoms with Crippen LogP contribution in [0.3, 0.4) is 0 Å². The first-order valence-corrected chi connectivity index (χ1v) is 6.98. The molecule has 0 bridgehead atoms. The standard InChI is InChI=1S/C13H25N3O5/c1-15(2)5-7-21-6-4-14-13(19)16-9-10(20-3)8-11(16)12(17)18/h10-11H,4-9H2,1-3H3,(H,14,19)(H,17,18). The molecule has 8 nitrogen and oxygen atoms in total. The lowest BCUT2D eigenvalue weighted by Gasteiger charge is -2.21. The number of amides is 2. The fraction of sp³-hybridized carbons (Fsp3) is 0.846. The summed E-state index contributed by atoms with van der Waals surface area (Å²) in [6.45, 7) is 2.46. The van der Waals surface area contributed by atoms with Gasteiger partial charge in [0.2, 0.25) is 0 Å². The first kappa shape index (κ1) is 17.7. The van der Waals surface area contributed by atoms with Crippen LogP contribution in [0, 0.1) is 0 Å². The van der Waals surface area contributed by atoms with Gasteiger partial charge in [0.05, 0.1) is 19.3 Å². The van der Waals surface area contributed by atoms with Crippen molar-refractivity contribution < 1.29 is 24.2 Å². The highest BCUT2D eigenvalue weighted by molar-refractivity contribution is 5.83. The van der Waals surface area contributed by atoms with Crippen LogP contribution in [0.1, 0.15) is 6.42 Å². The largest absolute Gasteiger partial charge is 0.480 e. The second-order valence-electron chi connectivity index (χ2n) is 5.25. The fourth-order valence-corrected chi connectivity index (χ4v) is 2.11. The Balaban J connectivity index is 2.28. The molecule has 122 valence electrons. The van der Waals surface area contributed by atoms with Crippen LogP contribution in [0.2, 0.25) is 0 Å². The number of likely N-dealkylation sites (N-methyl/N-ethyl adjacent to an activating group) is 1. The molecule has 21 heavy (non-hydrogen) atoms. The SMILES string of the molecule is COC1CC(C(=O)O)N(C(=O)NCCOCCN(C)C)C1. The van der Waals surface area contributed by atoms with Crippen LogP contribution < -0.4 is 5.32 Å². The summed E-state index contributed by atoms with van der Waals surface area (Å²) in [6, 6.07) is -1.22. The second kappa shape index (κ2) is 8.81. The van der Waals surface area contributed by atoms with Gasteiger partial charge in [-0.15, -0.1) is 0 Å². The first-order valence-electron chi connectivity index (χ1n) is 6.98. The van der Waals surface area contributed by atoms with Crippen LogP contribution in [-0.4, -0.2) is 93.1 Å². The molecule has 2 amide bonds. The Labute approximate surface area is 125 Å². The van der Waals surface area contributed by atoms with Gasteiger partial charge in [-0.2, -0.15) is 0 Å². The minimum absolute atomic E-state index is 0.229. The summed E-state index contributed by atoms with van der Waals surface area (Å²) < 4.78 is 10.5. The number of hydrogen-bond donors (Lipinski definition) is 2. The minimum atomic E-state index is -1.01. The molecule has 1 heterocycles. The van der Waals surface area contributed by atoms with E-state index in [0.29, 0.717) is 32.7 Å². The van der Waals surface area contributed by atoms with E-state index in [1.54, 1.807) is 0 Å². The van der Waals surface area contributed by atoms with Crippen LogP contribution in [0.15, 0.2) is 0 Å². The van der Waals surface area contributed by atoms with E-state index in [1.807, 2.05) is 19.0 Å². The van der Waals surface area contributed by atoms with E-state index in [9.17, 15) is 9.59 Å². The summed E-state index contributed by atoms with van der Waals surface area (Å²) in [5.74, 6) is -1.01. The van der Waals surface area contributed by atoms with Gasteiger partial charge in [0.15, 0.2) is 0 Å². The lowest BCUT2D eigenvalue weighted by atomic mass is 10.2. The van der Waals surface area contributed by atoms with Crippen molar-refractivity contribution in [3.8, 4) is 0 Å². The van der Waals surface area contributed by atoms with Crippen molar-refractivity contribution in [2.75, 3.05) is 54.1 Å². The number of hydrogen-bond acceptors (Lipinski definition) is 5. The maximum atomic E-state index is 12.0. The van der Waals surface area contributed by atoms with Gasteiger partial charge in [-0.25, -0.2) is 9.59 Å². The van der Waals surface area contributed by atoms with Crippen molar-refractivity contribution in [3.63, 3.8) is 0 Å². The number of rotatable bonds is 8. The van der Waals surface area contributed by atoms with Gasteiger partial charge < -0.3 is 29.7 Å². The van der Waals surface area contributed by atoms with Crippen LogP contribution in [0.5, 0.6) is 0 Å². The molecule has 8 heteroatoms. The number of likely N-dealkylation sites (tertiary alicyclic amines) is 1. The Hall–Kier alpha value is -1.38. The van der Waals surface area contributed by atoms with Gasteiger partial charge in [0, 0.05) is 33.2 Å². The Morgan fingerprint density at radius 1 is 1.38 bits per heavy atom. The van der Waals surface area contributed by atoms with Crippen molar-refractivity contribution in [1.29, 1.82) is 0 Å². The number of carboxylic acids is 1. The van der Waals surface area contributed by atoms with E-state index in [1.165, 1.54) is 12.0 Å². The van der Waals surface area contributed by atoms with Crippen molar-refractivity contribution in [2.45, 2.75) is 18.6 Å². The van der Waals surface area contributed by atoms with Crippen LogP contribution in [-0.2, 0) is 14.3 Å². The molecule has 1 saturated heterocycles. The number of nitrogens with zero attached hydrogens (tertiary/aromatic N) is 2. The highest BCUT2D eigenvalue weighted by Gasteiger charge is 2.39. The van der Waals surface area contributed by atoms with Gasteiger partial charge in [-0.05, 0) is 14.1 Å². The number of urea groups is 1. The van der Waals surface area contributed by atoms with Crippen molar-refractivity contribution in [1.82, 2.24) is 15.1 Å². The summed E-state index contributed by atoms with van der Waals surface area (Å²) in [4.78, 5) is 26.5. The predicted octanol–water partition coefficient (Wildman–Crippen LogP) is -0.552. The monoisotopic (exact) mass is 303 g/mol. The molecule has 0 aromatic carbocycles. The molecule has 0 saturated carbocycles. The van der Waals surface area contributed by atoms with Crippen LogP contribution in [0.4, 0.5) is 4.79 Å². The zero-order chi connectivity index (χ0) is 15.8. The van der Waals surface area contributed by atoms with Gasteiger partial charge in [-0.3, -0.25) is 0 Å². The third-order valence-corrected chi connectivity index (χ3v) is 3.35. The van der Waals surface area contributed by atoms with E-state index >= 15 is 0 Å². The van der Waals surface area contributed by atoms with Gasteiger partial charge >= 0.3 is 12.0 Å². The number of carbonyl (C=O) groups excluding carboxylic acids is 1. The summed E-state index contributed by atoms with van der Waals surface area (Å²) in [6.07, 6.45) is 0.0895. The summed E-state index contributed by atoms with van der Waals surface area (Å²) in [7, 11) is 5.43. The third kappa shape index (κ3) is 5.86. The predicted molar refractivity (Wildman–Crippen MR) is 76.3 cm³/mol. The molecular weight excluding hydrogens is 278 g/mol. The van der Waals surface area contributed by atoms with Crippen LogP contribution >= 0.6 is 0 Å². The number of nitrogens with one attached hydrogen (secondary N) is 1. The molecule has 1 fully saturated rings. The van der Waals surface area contributed by atoms with E-state index < -0.39 is 18.0 Å². The molecule has 1 aliphatic rings. The Morgan fingerprint density at radius 2 is 2.10 bits per heavy atom. The zero-order valence-electron chi connectivity index (χ0n) is 12.9. The van der Waals surface area contributed by atoms with E-state index in [2.05, 4.69) is 5.32 Å². The van der Waals surface area contributed by atoms with Crippen LogP contribution in [0.25, 0.3) is 0 Å². The molecule has 1 aliphatic heterocycles. The molecule has 0 spiro atoms. The Morgan fingerprint density at radius 3 is 2.67 bits per heavy atom. The highest BCUT2D eigenvalue weighted by Crippen LogP contribution is 2.20. The average Bonchev–Trinajstić information content (AvgIpc) is 2.86. The topological polar surface area (TPSA) is 91.3 Å². The molecule has 2 unspecified atom stereocenters. The number of ether oxygens (including phenoxy) is 2.